The minimum absolute atomic E-state index is 0.207. The van der Waals surface area contributed by atoms with Crippen molar-refractivity contribution >= 4 is 17.7 Å². The quantitative estimate of drug-likeness (QED) is 0.213. The zero-order chi connectivity index (χ0) is 24.6. The topological polar surface area (TPSA) is 128 Å². The predicted octanol–water partition coefficient (Wildman–Crippen LogP) is 0.848. The van der Waals surface area contributed by atoms with Gasteiger partial charge in [-0.05, 0) is 48.9 Å². The molecule has 1 unspecified atom stereocenters. The summed E-state index contributed by atoms with van der Waals surface area (Å²) in [7, 11) is 4.15. The summed E-state index contributed by atoms with van der Waals surface area (Å²) < 4.78 is 4.93. The van der Waals surface area contributed by atoms with E-state index in [0.29, 0.717) is 5.56 Å². The fourth-order valence-corrected chi connectivity index (χ4v) is 3.04. The van der Waals surface area contributed by atoms with Gasteiger partial charge in [-0.1, -0.05) is 24.0 Å². The number of methoxy groups -OCH3 is 1. The molecule has 2 rings (SSSR count). The number of likely N-dealkylation sites (N-methyl/N-ethyl adjacent to an activating group) is 2. The van der Waals surface area contributed by atoms with Crippen molar-refractivity contribution in [1.82, 2.24) is 15.7 Å². The van der Waals surface area contributed by atoms with E-state index in [1.54, 1.807) is 36.4 Å². The maximum atomic E-state index is 12.9. The molecule has 2 aromatic carbocycles. The molecular formula is C24H27N3O6. The summed E-state index contributed by atoms with van der Waals surface area (Å²) in [6.07, 6.45) is -0.700. The maximum Gasteiger partial charge on any atom is 0.278 e. The first-order chi connectivity index (χ1) is 15.7. The molecule has 9 nitrogen and oxygen atoms in total. The zero-order valence-electron chi connectivity index (χ0n) is 18.9. The molecule has 0 aliphatic heterocycles. The third-order valence-corrected chi connectivity index (χ3v) is 5.29. The molecule has 4 N–H and O–H groups in total. The van der Waals surface area contributed by atoms with Crippen LogP contribution in [0.4, 0.5) is 0 Å². The fourth-order valence-electron chi connectivity index (χ4n) is 3.04. The van der Waals surface area contributed by atoms with Crippen LogP contribution in [-0.4, -0.2) is 66.3 Å². The van der Waals surface area contributed by atoms with Gasteiger partial charge >= 0.3 is 0 Å². The molecule has 0 bridgehead atoms. The van der Waals surface area contributed by atoms with Crippen molar-refractivity contribution in [3.05, 3.63) is 70.8 Å². The highest BCUT2D eigenvalue weighted by Gasteiger charge is 2.47. The number of carbonyl (C=O) groups is 3. The molecule has 0 saturated carbocycles. The van der Waals surface area contributed by atoms with Crippen LogP contribution in [0, 0.1) is 11.8 Å². The van der Waals surface area contributed by atoms with Gasteiger partial charge in [0.2, 0.25) is 0 Å². The Labute approximate surface area is 192 Å². The highest BCUT2D eigenvalue weighted by Crippen LogP contribution is 2.18. The van der Waals surface area contributed by atoms with Crippen molar-refractivity contribution in [1.29, 1.82) is 0 Å². The van der Waals surface area contributed by atoms with Gasteiger partial charge in [-0.15, -0.1) is 0 Å². The molecule has 0 fully saturated rings. The van der Waals surface area contributed by atoms with Crippen LogP contribution in [0.25, 0.3) is 0 Å². The lowest BCUT2D eigenvalue weighted by atomic mass is 9.96. The van der Waals surface area contributed by atoms with Gasteiger partial charge in [0.25, 0.3) is 17.7 Å². The Balaban J connectivity index is 2.18. The number of nitrogens with one attached hydrogen (secondary N) is 2. The van der Waals surface area contributed by atoms with Gasteiger partial charge in [-0.3, -0.25) is 19.6 Å². The second-order valence-corrected chi connectivity index (χ2v) is 7.38. The van der Waals surface area contributed by atoms with Crippen molar-refractivity contribution in [3.8, 4) is 11.8 Å². The third kappa shape index (κ3) is 5.75. The van der Waals surface area contributed by atoms with Crippen molar-refractivity contribution in [3.63, 3.8) is 0 Å². The third-order valence-electron chi connectivity index (χ3n) is 5.29. The van der Waals surface area contributed by atoms with E-state index in [1.165, 1.54) is 45.7 Å². The van der Waals surface area contributed by atoms with Gasteiger partial charge in [-0.25, -0.2) is 5.48 Å². The number of carbonyl (C=O) groups excluding carboxylic acids is 3. The molecule has 0 saturated heterocycles. The van der Waals surface area contributed by atoms with Crippen LogP contribution in [0.3, 0.4) is 0 Å². The second-order valence-electron chi connectivity index (χ2n) is 7.38. The summed E-state index contributed by atoms with van der Waals surface area (Å²) in [6.45, 7) is 1.44. The smallest absolute Gasteiger partial charge is 0.278 e. The van der Waals surface area contributed by atoms with Crippen molar-refractivity contribution < 1.29 is 29.4 Å². The van der Waals surface area contributed by atoms with Gasteiger partial charge in [0.05, 0.1) is 6.61 Å². The van der Waals surface area contributed by atoms with Gasteiger partial charge in [0, 0.05) is 37.9 Å². The normalized spacial score (nSPS) is 13.0. The van der Waals surface area contributed by atoms with Gasteiger partial charge in [0.1, 0.15) is 6.10 Å². The molecule has 0 aliphatic rings. The number of hydrogen-bond donors (Lipinski definition) is 4. The van der Waals surface area contributed by atoms with Crippen LogP contribution in [0.5, 0.6) is 0 Å². The molecule has 2 atom stereocenters. The minimum Gasteiger partial charge on any atom is -0.386 e. The van der Waals surface area contributed by atoms with E-state index in [9.17, 15) is 19.5 Å². The first-order valence-corrected chi connectivity index (χ1v) is 10.0. The monoisotopic (exact) mass is 453 g/mol. The van der Waals surface area contributed by atoms with E-state index in [4.69, 9.17) is 9.94 Å². The van der Waals surface area contributed by atoms with Gasteiger partial charge < -0.3 is 20.1 Å². The first-order valence-electron chi connectivity index (χ1n) is 10.0. The first kappa shape index (κ1) is 25.5. The van der Waals surface area contributed by atoms with E-state index >= 15 is 0 Å². The van der Waals surface area contributed by atoms with E-state index in [0.717, 1.165) is 16.0 Å². The molecule has 0 heterocycles. The van der Waals surface area contributed by atoms with Crippen molar-refractivity contribution in [2.45, 2.75) is 18.6 Å². The summed E-state index contributed by atoms with van der Waals surface area (Å²) >= 11 is 0. The Kier molecular flexibility index (Phi) is 8.70. The Morgan fingerprint density at radius 2 is 1.55 bits per heavy atom. The molecule has 0 spiro atoms. The molecule has 174 valence electrons. The van der Waals surface area contributed by atoms with E-state index in [2.05, 4.69) is 17.2 Å². The van der Waals surface area contributed by atoms with Crippen LogP contribution in [0.2, 0.25) is 0 Å². The summed E-state index contributed by atoms with van der Waals surface area (Å²) in [5.41, 5.74) is 1.85. The average molecular weight is 453 g/mol. The number of aliphatic hydroxyl groups is 1. The number of rotatable bonds is 7. The summed E-state index contributed by atoms with van der Waals surface area (Å²) in [6, 6.07) is 13.5. The van der Waals surface area contributed by atoms with Crippen LogP contribution in [-0.2, 0) is 14.3 Å². The lowest BCUT2D eigenvalue weighted by Crippen LogP contribution is -2.64. The SMILES string of the molecule is CNC(=O)[C@@](C)(C(=O)NO)N(C)C(=O)c1ccc(C#Cc2ccc(C(O)COC)cc2)cc1. The highest BCUT2D eigenvalue weighted by molar-refractivity contribution is 6.12. The van der Waals surface area contributed by atoms with Crippen molar-refractivity contribution in [2.75, 3.05) is 27.8 Å². The van der Waals surface area contributed by atoms with E-state index in [-0.39, 0.29) is 12.2 Å². The number of ether oxygens (including phenoxy) is 1. The number of benzene rings is 2. The zero-order valence-corrected chi connectivity index (χ0v) is 18.9. The lowest BCUT2D eigenvalue weighted by molar-refractivity contribution is -0.148. The molecule has 2 aromatic rings. The summed E-state index contributed by atoms with van der Waals surface area (Å²) in [5, 5.41) is 21.3. The molecule has 3 amide bonds. The van der Waals surface area contributed by atoms with Crippen LogP contribution in [0.1, 0.15) is 40.1 Å². The molecular weight excluding hydrogens is 426 g/mol. The maximum absolute atomic E-state index is 12.9. The summed E-state index contributed by atoms with van der Waals surface area (Å²) in [4.78, 5) is 38.2. The Bertz CT molecular complexity index is 1040. The number of hydrogen-bond acceptors (Lipinski definition) is 6. The highest BCUT2D eigenvalue weighted by atomic mass is 16.5. The minimum atomic E-state index is -1.96. The average Bonchev–Trinajstić information content (AvgIpc) is 2.85. The van der Waals surface area contributed by atoms with Crippen LogP contribution < -0.4 is 10.8 Å². The standard InChI is InChI=1S/C24H27N3O6/c1-24(22(30)25-2,23(31)26-32)27(3)21(29)19-13-9-17(10-14-19)6-5-16-7-11-18(12-8-16)20(28)15-33-4/h7-14,20,28,32H,15H2,1-4H3,(H,25,30)(H,26,31)/t20?,24-/m0/s1. The second kappa shape index (κ2) is 11.2. The predicted molar refractivity (Wildman–Crippen MR) is 120 cm³/mol. The van der Waals surface area contributed by atoms with E-state index in [1.807, 2.05) is 0 Å². The van der Waals surface area contributed by atoms with Gasteiger partial charge in [-0.2, -0.15) is 0 Å². The Hall–Kier alpha value is -3.71. The number of nitrogens with zero attached hydrogens (tertiary/aromatic N) is 1. The number of hydroxylamine groups is 1. The van der Waals surface area contributed by atoms with E-state index < -0.39 is 29.4 Å². The number of aliphatic hydroxyl groups excluding tert-OH is 1. The van der Waals surface area contributed by atoms with Crippen LogP contribution in [0.15, 0.2) is 48.5 Å². The molecule has 9 heteroatoms. The lowest BCUT2D eigenvalue weighted by Gasteiger charge is -2.34. The van der Waals surface area contributed by atoms with Gasteiger partial charge in [0.15, 0.2) is 5.54 Å². The fraction of sp³-hybridized carbons (Fsp3) is 0.292. The van der Waals surface area contributed by atoms with Crippen LogP contribution >= 0.6 is 0 Å². The molecule has 33 heavy (non-hydrogen) atoms. The Morgan fingerprint density at radius 3 is 2.00 bits per heavy atom. The van der Waals surface area contributed by atoms with Crippen molar-refractivity contribution in [2.24, 2.45) is 0 Å². The molecule has 0 radical (unpaired) electrons. The molecule has 0 aliphatic carbocycles. The molecule has 0 aromatic heterocycles. The number of amides is 3. The largest absolute Gasteiger partial charge is 0.386 e. The summed E-state index contributed by atoms with van der Waals surface area (Å²) in [5.74, 6) is 3.61. The Morgan fingerprint density at radius 1 is 1.03 bits per heavy atom.